The lowest BCUT2D eigenvalue weighted by Gasteiger charge is -2.09. The van der Waals surface area contributed by atoms with E-state index in [0.29, 0.717) is 0 Å². The number of hydrogen-bond acceptors (Lipinski definition) is 5. The van der Waals surface area contributed by atoms with Crippen molar-refractivity contribution in [1.82, 2.24) is 9.55 Å². The fourth-order valence-electron chi connectivity index (χ4n) is 2.31. The summed E-state index contributed by atoms with van der Waals surface area (Å²) in [6, 6.07) is 7.17. The van der Waals surface area contributed by atoms with E-state index in [4.69, 9.17) is 11.6 Å². The molecule has 3 rings (SSSR count). The molecule has 26 heavy (non-hydrogen) atoms. The molecule has 0 fully saturated rings. The fourth-order valence-corrected chi connectivity index (χ4v) is 2.52. The molecule has 0 aliphatic rings. The van der Waals surface area contributed by atoms with Gasteiger partial charge in [-0.3, -0.25) is 24.3 Å². The summed E-state index contributed by atoms with van der Waals surface area (Å²) in [5, 5.41) is 13.3. The summed E-state index contributed by atoms with van der Waals surface area (Å²) in [6.45, 7) is -0.391. The van der Waals surface area contributed by atoms with E-state index in [-0.39, 0.29) is 27.3 Å². The molecule has 2 aromatic carbocycles. The maximum Gasteiger partial charge on any atom is 0.270 e. The zero-order valence-electron chi connectivity index (χ0n) is 13.0. The Balaban J connectivity index is 1.88. The number of hydrogen-bond donors (Lipinski definition) is 1. The average Bonchev–Trinajstić information content (AvgIpc) is 2.59. The Morgan fingerprint density at radius 2 is 2.08 bits per heavy atom. The first-order chi connectivity index (χ1) is 12.3. The smallest absolute Gasteiger partial charge is 0.270 e. The number of carbonyl (C=O) groups is 1. The molecule has 0 saturated carbocycles. The molecule has 10 heteroatoms. The van der Waals surface area contributed by atoms with Crippen LogP contribution < -0.4 is 10.9 Å². The number of nitro benzene ring substituents is 1. The molecule has 1 heterocycles. The number of carbonyl (C=O) groups excluding carboxylic acids is 1. The maximum atomic E-state index is 13.0. The largest absolute Gasteiger partial charge is 0.323 e. The van der Waals surface area contributed by atoms with Gasteiger partial charge in [-0.15, -0.1) is 0 Å². The summed E-state index contributed by atoms with van der Waals surface area (Å²) in [6.07, 6.45) is 1.17. The van der Waals surface area contributed by atoms with Gasteiger partial charge >= 0.3 is 0 Å². The molecule has 0 radical (unpaired) electrons. The van der Waals surface area contributed by atoms with Crippen molar-refractivity contribution in [2.75, 3.05) is 5.32 Å². The summed E-state index contributed by atoms with van der Waals surface area (Å²) in [7, 11) is 0. The number of nitro groups is 1. The fraction of sp³-hybridized carbons (Fsp3) is 0.0625. The van der Waals surface area contributed by atoms with Crippen molar-refractivity contribution >= 4 is 39.8 Å². The predicted molar refractivity (Wildman–Crippen MR) is 92.7 cm³/mol. The number of nitrogens with zero attached hydrogens (tertiary/aromatic N) is 3. The van der Waals surface area contributed by atoms with Crippen molar-refractivity contribution in [3.63, 3.8) is 0 Å². The third-order valence-electron chi connectivity index (χ3n) is 3.54. The van der Waals surface area contributed by atoms with Crippen molar-refractivity contribution < 1.29 is 14.1 Å². The van der Waals surface area contributed by atoms with Crippen LogP contribution in [0.1, 0.15) is 0 Å². The summed E-state index contributed by atoms with van der Waals surface area (Å²) in [5.41, 5.74) is -0.384. The first-order valence-electron chi connectivity index (χ1n) is 7.23. The Labute approximate surface area is 150 Å². The maximum absolute atomic E-state index is 13.0. The third-order valence-corrected chi connectivity index (χ3v) is 3.85. The van der Waals surface area contributed by atoms with Crippen molar-refractivity contribution in [3.8, 4) is 0 Å². The highest BCUT2D eigenvalue weighted by Crippen LogP contribution is 2.22. The van der Waals surface area contributed by atoms with E-state index in [1.165, 1.54) is 24.5 Å². The Morgan fingerprint density at radius 3 is 2.77 bits per heavy atom. The molecule has 0 spiro atoms. The number of nitrogens with one attached hydrogen (secondary N) is 1. The van der Waals surface area contributed by atoms with Crippen molar-refractivity contribution in [2.24, 2.45) is 0 Å². The van der Waals surface area contributed by atoms with E-state index in [1.54, 1.807) is 0 Å². The number of fused-ring (bicyclic) bond motifs is 1. The minimum atomic E-state index is -0.626. The van der Waals surface area contributed by atoms with E-state index >= 15 is 0 Å². The molecule has 0 aliphatic carbocycles. The zero-order chi connectivity index (χ0) is 18.8. The Bertz CT molecular complexity index is 1100. The molecule has 1 aromatic heterocycles. The first kappa shape index (κ1) is 17.5. The lowest BCUT2D eigenvalue weighted by molar-refractivity contribution is -0.384. The topological polar surface area (TPSA) is 107 Å². The lowest BCUT2D eigenvalue weighted by Crippen LogP contribution is -2.28. The van der Waals surface area contributed by atoms with Gasteiger partial charge in [0.1, 0.15) is 12.4 Å². The molecule has 0 aliphatic heterocycles. The van der Waals surface area contributed by atoms with Gasteiger partial charge in [0.2, 0.25) is 5.91 Å². The van der Waals surface area contributed by atoms with Crippen LogP contribution in [0.15, 0.2) is 47.5 Å². The first-order valence-corrected chi connectivity index (χ1v) is 7.61. The van der Waals surface area contributed by atoms with Crippen LogP contribution in [-0.4, -0.2) is 20.4 Å². The number of non-ortho nitro benzene ring substituents is 1. The lowest BCUT2D eigenvalue weighted by atomic mass is 10.2. The number of rotatable bonds is 4. The highest BCUT2D eigenvalue weighted by Gasteiger charge is 2.13. The van der Waals surface area contributed by atoms with E-state index in [0.717, 1.165) is 22.8 Å². The summed E-state index contributed by atoms with van der Waals surface area (Å²) in [5.74, 6) is -1.14. The van der Waals surface area contributed by atoms with Crippen LogP contribution in [0.2, 0.25) is 5.02 Å². The van der Waals surface area contributed by atoms with Crippen molar-refractivity contribution in [3.05, 3.63) is 74.0 Å². The van der Waals surface area contributed by atoms with Gasteiger partial charge < -0.3 is 5.32 Å². The monoisotopic (exact) mass is 376 g/mol. The molecule has 1 amide bonds. The second-order valence-corrected chi connectivity index (χ2v) is 5.72. The average molecular weight is 377 g/mol. The second-order valence-electron chi connectivity index (χ2n) is 5.31. The van der Waals surface area contributed by atoms with Crippen LogP contribution in [-0.2, 0) is 11.3 Å². The summed E-state index contributed by atoms with van der Waals surface area (Å²) in [4.78, 5) is 38.8. The molecule has 132 valence electrons. The number of anilines is 1. The van der Waals surface area contributed by atoms with E-state index in [9.17, 15) is 24.1 Å². The Morgan fingerprint density at radius 1 is 1.31 bits per heavy atom. The highest BCUT2D eigenvalue weighted by atomic mass is 35.5. The Kier molecular flexibility index (Phi) is 4.63. The van der Waals surface area contributed by atoms with Gasteiger partial charge in [0.15, 0.2) is 0 Å². The Hall–Kier alpha value is -3.33. The minimum absolute atomic E-state index is 0.0120. The van der Waals surface area contributed by atoms with Crippen LogP contribution in [0.4, 0.5) is 15.8 Å². The molecular formula is C16H10ClFN4O4. The SMILES string of the molecule is O=C(Cn1cnc2ccc([N+](=O)[O-])cc2c1=O)Nc1ccc(F)cc1Cl. The molecule has 1 N–H and O–H groups in total. The predicted octanol–water partition coefficient (Wildman–Crippen LogP) is 2.74. The molecule has 0 unspecified atom stereocenters. The van der Waals surface area contributed by atoms with Gasteiger partial charge in [0.05, 0.1) is 32.9 Å². The van der Waals surface area contributed by atoms with E-state index < -0.39 is 28.8 Å². The number of aromatic nitrogens is 2. The van der Waals surface area contributed by atoms with Crippen molar-refractivity contribution in [1.29, 1.82) is 0 Å². The van der Waals surface area contributed by atoms with E-state index in [1.807, 2.05) is 0 Å². The van der Waals surface area contributed by atoms with Crippen LogP contribution in [0, 0.1) is 15.9 Å². The molecular weight excluding hydrogens is 367 g/mol. The van der Waals surface area contributed by atoms with Gasteiger partial charge in [-0.1, -0.05) is 11.6 Å². The van der Waals surface area contributed by atoms with Gasteiger partial charge in [-0.05, 0) is 24.3 Å². The molecule has 8 nitrogen and oxygen atoms in total. The van der Waals surface area contributed by atoms with Crippen LogP contribution in [0.5, 0.6) is 0 Å². The normalized spacial score (nSPS) is 10.7. The molecule has 0 bridgehead atoms. The molecule has 3 aromatic rings. The second kappa shape index (κ2) is 6.89. The zero-order valence-corrected chi connectivity index (χ0v) is 13.7. The van der Waals surface area contributed by atoms with Gasteiger partial charge in [-0.2, -0.15) is 0 Å². The van der Waals surface area contributed by atoms with Gasteiger partial charge in [0, 0.05) is 12.1 Å². The quantitative estimate of drug-likeness (QED) is 0.556. The van der Waals surface area contributed by atoms with Crippen molar-refractivity contribution in [2.45, 2.75) is 6.54 Å². The highest BCUT2D eigenvalue weighted by molar-refractivity contribution is 6.33. The number of benzene rings is 2. The van der Waals surface area contributed by atoms with Crippen LogP contribution >= 0.6 is 11.6 Å². The van der Waals surface area contributed by atoms with Crippen LogP contribution in [0.3, 0.4) is 0 Å². The van der Waals surface area contributed by atoms with Gasteiger partial charge in [0.25, 0.3) is 11.2 Å². The van der Waals surface area contributed by atoms with Crippen LogP contribution in [0.25, 0.3) is 10.9 Å². The standard InChI is InChI=1S/C16H10ClFN4O4/c17-12-5-9(18)1-3-14(12)20-15(23)7-21-8-19-13-4-2-10(22(25)26)6-11(13)16(21)24/h1-6,8H,7H2,(H,20,23). The minimum Gasteiger partial charge on any atom is -0.323 e. The number of halogens is 2. The summed E-state index contributed by atoms with van der Waals surface area (Å²) >= 11 is 5.83. The molecule has 0 saturated heterocycles. The molecule has 0 atom stereocenters. The van der Waals surface area contributed by atoms with Gasteiger partial charge in [-0.25, -0.2) is 9.37 Å². The summed E-state index contributed by atoms with van der Waals surface area (Å²) < 4.78 is 14.0. The van der Waals surface area contributed by atoms with E-state index in [2.05, 4.69) is 10.3 Å². The number of amides is 1. The third kappa shape index (κ3) is 3.52.